The Kier molecular flexibility index (Phi) is 5.32. The number of hydrogen-bond donors (Lipinski definition) is 1. The quantitative estimate of drug-likeness (QED) is 0.803. The Morgan fingerprint density at radius 3 is 2.21 bits per heavy atom. The molecule has 1 rings (SSSR count). The van der Waals surface area contributed by atoms with Gasteiger partial charge in [0, 0.05) is 27.1 Å². The van der Waals surface area contributed by atoms with Crippen LogP contribution in [0.2, 0.25) is 0 Å². The van der Waals surface area contributed by atoms with E-state index >= 15 is 0 Å². The summed E-state index contributed by atoms with van der Waals surface area (Å²) in [5.74, 6) is -1.79. The van der Waals surface area contributed by atoms with Crippen LogP contribution >= 0.6 is 0 Å². The van der Waals surface area contributed by atoms with Gasteiger partial charge in [0.25, 0.3) is 0 Å². The highest BCUT2D eigenvalue weighted by atomic mass is 16.4. The third-order valence-electron chi connectivity index (χ3n) is 3.62. The van der Waals surface area contributed by atoms with Gasteiger partial charge in [-0.15, -0.1) is 0 Å². The van der Waals surface area contributed by atoms with E-state index in [4.69, 9.17) is 5.11 Å². The van der Waals surface area contributed by atoms with Gasteiger partial charge in [-0.05, 0) is 19.3 Å². The third-order valence-corrected chi connectivity index (χ3v) is 3.62. The van der Waals surface area contributed by atoms with E-state index in [0.717, 1.165) is 6.42 Å². The number of likely N-dealkylation sites (N-methyl/N-ethyl adjacent to an activating group) is 2. The largest absolute Gasteiger partial charge is 0.481 e. The van der Waals surface area contributed by atoms with Crippen LogP contribution in [-0.4, -0.2) is 60.4 Å². The summed E-state index contributed by atoms with van der Waals surface area (Å²) in [5, 5.41) is 9.01. The normalized spacial score (nSPS) is 22.7. The molecule has 1 fully saturated rings. The van der Waals surface area contributed by atoms with Crippen molar-refractivity contribution in [2.75, 3.05) is 27.7 Å². The molecule has 1 aliphatic rings. The van der Waals surface area contributed by atoms with E-state index in [2.05, 4.69) is 0 Å². The SMILES string of the molecule is CN(C)C(=O)CN(C)C(=O)C1CCCC(C(=O)O)C1. The van der Waals surface area contributed by atoms with Gasteiger partial charge in [0.1, 0.15) is 0 Å². The summed E-state index contributed by atoms with van der Waals surface area (Å²) < 4.78 is 0. The maximum atomic E-state index is 12.2. The van der Waals surface area contributed by atoms with E-state index in [1.165, 1.54) is 9.80 Å². The van der Waals surface area contributed by atoms with Gasteiger partial charge in [0.15, 0.2) is 0 Å². The van der Waals surface area contributed by atoms with Gasteiger partial charge in [-0.3, -0.25) is 14.4 Å². The van der Waals surface area contributed by atoms with Crippen molar-refractivity contribution in [2.45, 2.75) is 25.7 Å². The molecule has 0 spiro atoms. The molecule has 1 saturated carbocycles. The molecule has 108 valence electrons. The van der Waals surface area contributed by atoms with E-state index in [-0.39, 0.29) is 24.3 Å². The van der Waals surface area contributed by atoms with Crippen molar-refractivity contribution in [1.82, 2.24) is 9.80 Å². The fraction of sp³-hybridized carbons (Fsp3) is 0.769. The van der Waals surface area contributed by atoms with Gasteiger partial charge in [-0.2, -0.15) is 0 Å². The van der Waals surface area contributed by atoms with Gasteiger partial charge in [0.2, 0.25) is 11.8 Å². The molecule has 2 atom stereocenters. The summed E-state index contributed by atoms with van der Waals surface area (Å²) in [6, 6.07) is 0. The lowest BCUT2D eigenvalue weighted by Gasteiger charge is -2.29. The molecule has 1 N–H and O–H groups in total. The summed E-state index contributed by atoms with van der Waals surface area (Å²) in [4.78, 5) is 37.5. The molecule has 19 heavy (non-hydrogen) atoms. The van der Waals surface area contributed by atoms with Gasteiger partial charge >= 0.3 is 5.97 Å². The Hall–Kier alpha value is -1.59. The highest BCUT2D eigenvalue weighted by Crippen LogP contribution is 2.30. The van der Waals surface area contributed by atoms with E-state index in [1.54, 1.807) is 21.1 Å². The van der Waals surface area contributed by atoms with Crippen LogP contribution in [0.1, 0.15) is 25.7 Å². The molecule has 0 saturated heterocycles. The molecule has 0 aromatic carbocycles. The van der Waals surface area contributed by atoms with Gasteiger partial charge in [-0.25, -0.2) is 0 Å². The van der Waals surface area contributed by atoms with Gasteiger partial charge in [-0.1, -0.05) is 6.42 Å². The van der Waals surface area contributed by atoms with Crippen LogP contribution in [0, 0.1) is 11.8 Å². The lowest BCUT2D eigenvalue weighted by atomic mass is 9.81. The standard InChI is InChI=1S/C13H22N2O4/c1-14(2)11(16)8-15(3)12(17)9-5-4-6-10(7-9)13(18)19/h9-10H,4-8H2,1-3H3,(H,18,19). The Bertz CT molecular complexity index is 368. The lowest BCUT2D eigenvalue weighted by molar-refractivity contribution is -0.146. The number of carbonyl (C=O) groups is 3. The van der Waals surface area contributed by atoms with Crippen molar-refractivity contribution in [3.63, 3.8) is 0 Å². The Labute approximate surface area is 113 Å². The summed E-state index contributed by atoms with van der Waals surface area (Å²) in [6.07, 6.45) is 2.49. The molecule has 6 heteroatoms. The second-order valence-electron chi connectivity index (χ2n) is 5.38. The van der Waals surface area contributed by atoms with Crippen LogP contribution in [0.3, 0.4) is 0 Å². The predicted octanol–water partition coefficient (Wildman–Crippen LogP) is 0.424. The number of amides is 2. The second-order valence-corrected chi connectivity index (χ2v) is 5.38. The highest BCUT2D eigenvalue weighted by molar-refractivity contribution is 5.86. The van der Waals surface area contributed by atoms with Crippen molar-refractivity contribution in [3.05, 3.63) is 0 Å². The molecule has 6 nitrogen and oxygen atoms in total. The van der Waals surface area contributed by atoms with Crippen LogP contribution in [0.5, 0.6) is 0 Å². The van der Waals surface area contributed by atoms with Crippen LogP contribution in [0.4, 0.5) is 0 Å². The molecule has 2 amide bonds. The molecular weight excluding hydrogens is 248 g/mol. The highest BCUT2D eigenvalue weighted by Gasteiger charge is 2.32. The first kappa shape index (κ1) is 15.5. The number of carbonyl (C=O) groups excluding carboxylic acids is 2. The molecule has 1 aliphatic carbocycles. The monoisotopic (exact) mass is 270 g/mol. The number of carboxylic acids is 1. The first-order chi connectivity index (χ1) is 8.82. The molecule has 0 aliphatic heterocycles. The summed E-state index contributed by atoms with van der Waals surface area (Å²) in [5.41, 5.74) is 0. The van der Waals surface area contributed by atoms with Crippen LogP contribution < -0.4 is 0 Å². The number of aliphatic carboxylic acids is 1. The molecule has 2 unspecified atom stereocenters. The Morgan fingerprint density at radius 1 is 1.11 bits per heavy atom. The Balaban J connectivity index is 2.56. The molecule has 0 bridgehead atoms. The number of hydrogen-bond acceptors (Lipinski definition) is 3. The zero-order valence-electron chi connectivity index (χ0n) is 11.8. The number of rotatable bonds is 4. The average Bonchev–Trinajstić information content (AvgIpc) is 2.37. The first-order valence-electron chi connectivity index (χ1n) is 6.50. The second kappa shape index (κ2) is 6.54. The smallest absolute Gasteiger partial charge is 0.306 e. The lowest BCUT2D eigenvalue weighted by Crippen LogP contribution is -2.42. The van der Waals surface area contributed by atoms with E-state index < -0.39 is 11.9 Å². The van der Waals surface area contributed by atoms with Crippen molar-refractivity contribution in [1.29, 1.82) is 0 Å². The topological polar surface area (TPSA) is 77.9 Å². The van der Waals surface area contributed by atoms with Gasteiger partial charge in [0.05, 0.1) is 12.5 Å². The van der Waals surface area contributed by atoms with Crippen LogP contribution in [0.25, 0.3) is 0 Å². The van der Waals surface area contributed by atoms with Crippen molar-refractivity contribution < 1.29 is 19.5 Å². The summed E-state index contributed by atoms with van der Waals surface area (Å²) >= 11 is 0. The maximum Gasteiger partial charge on any atom is 0.306 e. The summed E-state index contributed by atoms with van der Waals surface area (Å²) in [7, 11) is 4.87. The van der Waals surface area contributed by atoms with E-state index in [1.807, 2.05) is 0 Å². The van der Waals surface area contributed by atoms with Crippen molar-refractivity contribution in [3.8, 4) is 0 Å². The zero-order chi connectivity index (χ0) is 14.6. The molecule has 0 aromatic rings. The summed E-state index contributed by atoms with van der Waals surface area (Å²) in [6.45, 7) is 0.0417. The van der Waals surface area contributed by atoms with Crippen LogP contribution in [-0.2, 0) is 14.4 Å². The first-order valence-corrected chi connectivity index (χ1v) is 6.50. The number of nitrogens with zero attached hydrogens (tertiary/aromatic N) is 2. The number of carboxylic acid groups (broad SMARTS) is 1. The van der Waals surface area contributed by atoms with E-state index in [0.29, 0.717) is 19.3 Å². The molecular formula is C13H22N2O4. The molecule has 0 radical (unpaired) electrons. The third kappa shape index (κ3) is 4.22. The van der Waals surface area contributed by atoms with Crippen molar-refractivity contribution >= 4 is 17.8 Å². The fourth-order valence-electron chi connectivity index (χ4n) is 2.37. The predicted molar refractivity (Wildman–Crippen MR) is 69.4 cm³/mol. The minimum Gasteiger partial charge on any atom is -0.481 e. The molecule has 0 aromatic heterocycles. The zero-order valence-corrected chi connectivity index (χ0v) is 11.8. The Morgan fingerprint density at radius 2 is 1.68 bits per heavy atom. The average molecular weight is 270 g/mol. The van der Waals surface area contributed by atoms with Crippen LogP contribution in [0.15, 0.2) is 0 Å². The minimum atomic E-state index is -0.829. The molecule has 0 heterocycles. The minimum absolute atomic E-state index is 0.0417. The van der Waals surface area contributed by atoms with Gasteiger partial charge < -0.3 is 14.9 Å². The fourth-order valence-corrected chi connectivity index (χ4v) is 2.37. The van der Waals surface area contributed by atoms with Crippen molar-refractivity contribution in [2.24, 2.45) is 11.8 Å². The van der Waals surface area contributed by atoms with E-state index in [9.17, 15) is 14.4 Å². The maximum absolute atomic E-state index is 12.2.